The summed E-state index contributed by atoms with van der Waals surface area (Å²) in [7, 11) is 1.83. The van der Waals surface area contributed by atoms with Gasteiger partial charge in [0.1, 0.15) is 0 Å². The molecule has 5 heteroatoms. The summed E-state index contributed by atoms with van der Waals surface area (Å²) in [5, 5.41) is 12.6. The minimum Gasteiger partial charge on any atom is -0.480 e. The first-order valence-electron chi connectivity index (χ1n) is 8.25. The number of nitrogens with zero attached hydrogens (tertiary/aromatic N) is 1. The Balaban J connectivity index is 1.68. The zero-order chi connectivity index (χ0) is 15.5. The molecule has 0 spiro atoms. The van der Waals surface area contributed by atoms with E-state index in [1.807, 2.05) is 14.0 Å². The van der Waals surface area contributed by atoms with Gasteiger partial charge in [-0.25, -0.2) is 0 Å². The highest BCUT2D eigenvalue weighted by Gasteiger charge is 2.40. The lowest BCUT2D eigenvalue weighted by atomic mass is 9.75. The van der Waals surface area contributed by atoms with Gasteiger partial charge in [-0.15, -0.1) is 0 Å². The van der Waals surface area contributed by atoms with E-state index in [0.717, 1.165) is 25.8 Å². The van der Waals surface area contributed by atoms with Crippen LogP contribution in [0.3, 0.4) is 0 Å². The first-order valence-corrected chi connectivity index (χ1v) is 8.25. The van der Waals surface area contributed by atoms with Crippen molar-refractivity contribution < 1.29 is 14.6 Å². The number of hydrogen-bond donors (Lipinski definition) is 2. The second-order valence-electron chi connectivity index (χ2n) is 6.79. The summed E-state index contributed by atoms with van der Waals surface area (Å²) in [5.41, 5.74) is 0.119. The Morgan fingerprint density at radius 1 is 1.48 bits per heavy atom. The van der Waals surface area contributed by atoms with Gasteiger partial charge in [-0.3, -0.25) is 9.69 Å². The second kappa shape index (κ2) is 7.07. The Bertz CT molecular complexity index is 346. The molecule has 0 aromatic rings. The molecule has 0 radical (unpaired) electrons. The van der Waals surface area contributed by atoms with E-state index in [1.54, 1.807) is 0 Å². The summed E-state index contributed by atoms with van der Waals surface area (Å²) in [6, 6.07) is 1.42. The maximum Gasteiger partial charge on any atom is 0.317 e. The number of hydrogen-bond acceptors (Lipinski definition) is 4. The molecule has 2 N–H and O–H groups in total. The fraction of sp³-hybridized carbons (Fsp3) is 0.938. The van der Waals surface area contributed by atoms with Crippen molar-refractivity contribution >= 4 is 5.97 Å². The van der Waals surface area contributed by atoms with E-state index < -0.39 is 5.97 Å². The molecular formula is C16H30N2O3. The molecule has 0 bridgehead atoms. The average molecular weight is 298 g/mol. The number of rotatable bonds is 9. The molecule has 1 unspecified atom stereocenters. The lowest BCUT2D eigenvalue weighted by molar-refractivity contribution is -0.139. The molecule has 0 saturated heterocycles. The third-order valence-corrected chi connectivity index (χ3v) is 5.27. The van der Waals surface area contributed by atoms with E-state index >= 15 is 0 Å². The van der Waals surface area contributed by atoms with Gasteiger partial charge in [0.2, 0.25) is 0 Å². The van der Waals surface area contributed by atoms with E-state index in [-0.39, 0.29) is 12.1 Å². The van der Waals surface area contributed by atoms with E-state index in [0.29, 0.717) is 18.1 Å². The SMILES string of the molecule is CCN(CC(=O)O)C1CC(NC(C)CC2(OC)CCC2)C1. The van der Waals surface area contributed by atoms with Gasteiger partial charge in [0, 0.05) is 25.2 Å². The Morgan fingerprint density at radius 3 is 2.57 bits per heavy atom. The number of aliphatic carboxylic acids is 1. The maximum absolute atomic E-state index is 10.8. The van der Waals surface area contributed by atoms with Gasteiger partial charge < -0.3 is 15.2 Å². The molecule has 0 aromatic carbocycles. The molecule has 2 aliphatic carbocycles. The molecule has 1 atom stereocenters. The lowest BCUT2D eigenvalue weighted by Gasteiger charge is -2.46. The third-order valence-electron chi connectivity index (χ3n) is 5.27. The molecule has 0 aromatic heterocycles. The summed E-state index contributed by atoms with van der Waals surface area (Å²) in [4.78, 5) is 12.9. The van der Waals surface area contributed by atoms with Crippen molar-refractivity contribution in [3.8, 4) is 0 Å². The Morgan fingerprint density at radius 2 is 2.14 bits per heavy atom. The molecule has 122 valence electrons. The van der Waals surface area contributed by atoms with Crippen molar-refractivity contribution in [1.29, 1.82) is 0 Å². The van der Waals surface area contributed by atoms with Crippen LogP contribution in [0.5, 0.6) is 0 Å². The summed E-state index contributed by atoms with van der Waals surface area (Å²) in [6.45, 7) is 5.24. The van der Waals surface area contributed by atoms with E-state index in [2.05, 4.69) is 17.1 Å². The fourth-order valence-corrected chi connectivity index (χ4v) is 3.78. The Labute approximate surface area is 128 Å². The van der Waals surface area contributed by atoms with Crippen molar-refractivity contribution in [2.75, 3.05) is 20.2 Å². The zero-order valence-corrected chi connectivity index (χ0v) is 13.6. The molecule has 0 amide bonds. The monoisotopic (exact) mass is 298 g/mol. The predicted molar refractivity (Wildman–Crippen MR) is 82.5 cm³/mol. The molecule has 0 aliphatic heterocycles. The van der Waals surface area contributed by atoms with Crippen LogP contribution in [0.2, 0.25) is 0 Å². The standard InChI is InChI=1S/C16H30N2O3/c1-4-18(11-15(19)20)14-8-13(9-14)17-12(2)10-16(21-3)6-5-7-16/h12-14,17H,4-11H2,1-3H3,(H,19,20). The highest BCUT2D eigenvalue weighted by molar-refractivity contribution is 5.69. The minimum atomic E-state index is -0.728. The van der Waals surface area contributed by atoms with Gasteiger partial charge in [-0.1, -0.05) is 6.92 Å². The number of carbonyl (C=O) groups is 1. The first kappa shape index (κ1) is 16.7. The van der Waals surface area contributed by atoms with E-state index in [4.69, 9.17) is 9.84 Å². The van der Waals surface area contributed by atoms with E-state index in [9.17, 15) is 4.79 Å². The van der Waals surface area contributed by atoms with Crippen molar-refractivity contribution in [3.05, 3.63) is 0 Å². The van der Waals surface area contributed by atoms with Gasteiger partial charge in [-0.2, -0.15) is 0 Å². The zero-order valence-electron chi connectivity index (χ0n) is 13.6. The molecule has 0 heterocycles. The van der Waals surface area contributed by atoms with Crippen LogP contribution < -0.4 is 5.32 Å². The Hall–Kier alpha value is -0.650. The summed E-state index contributed by atoms with van der Waals surface area (Å²) < 4.78 is 5.68. The molecule has 21 heavy (non-hydrogen) atoms. The van der Waals surface area contributed by atoms with E-state index in [1.165, 1.54) is 19.3 Å². The predicted octanol–water partition coefficient (Wildman–Crippen LogP) is 1.86. The highest BCUT2D eigenvalue weighted by atomic mass is 16.5. The quantitative estimate of drug-likeness (QED) is 0.680. The number of methoxy groups -OCH3 is 1. The molecule has 5 nitrogen and oxygen atoms in total. The van der Waals surface area contributed by atoms with Crippen molar-refractivity contribution in [2.24, 2.45) is 0 Å². The van der Waals surface area contributed by atoms with Crippen LogP contribution in [0, 0.1) is 0 Å². The number of carboxylic acids is 1. The fourth-order valence-electron chi connectivity index (χ4n) is 3.78. The molecule has 2 rings (SSSR count). The topological polar surface area (TPSA) is 61.8 Å². The van der Waals surface area contributed by atoms with Gasteiger partial charge in [0.05, 0.1) is 12.1 Å². The van der Waals surface area contributed by atoms with Gasteiger partial charge in [0.25, 0.3) is 0 Å². The smallest absolute Gasteiger partial charge is 0.317 e. The second-order valence-corrected chi connectivity index (χ2v) is 6.79. The van der Waals surface area contributed by atoms with Gasteiger partial charge >= 0.3 is 5.97 Å². The lowest BCUT2D eigenvalue weighted by Crippen LogP contribution is -2.56. The van der Waals surface area contributed by atoms with Crippen LogP contribution in [0.4, 0.5) is 0 Å². The van der Waals surface area contributed by atoms with Crippen molar-refractivity contribution in [1.82, 2.24) is 10.2 Å². The number of likely N-dealkylation sites (N-methyl/N-ethyl adjacent to an activating group) is 1. The highest BCUT2D eigenvalue weighted by Crippen LogP contribution is 2.39. The van der Waals surface area contributed by atoms with Crippen LogP contribution in [-0.4, -0.2) is 59.9 Å². The van der Waals surface area contributed by atoms with Crippen molar-refractivity contribution in [2.45, 2.75) is 76.1 Å². The largest absolute Gasteiger partial charge is 0.480 e. The molecule has 2 saturated carbocycles. The van der Waals surface area contributed by atoms with Crippen LogP contribution in [0.15, 0.2) is 0 Å². The molecular weight excluding hydrogens is 268 g/mol. The normalized spacial score (nSPS) is 28.8. The molecule has 2 aliphatic rings. The summed E-state index contributed by atoms with van der Waals surface area (Å²) in [6.07, 6.45) is 6.86. The van der Waals surface area contributed by atoms with Crippen LogP contribution in [-0.2, 0) is 9.53 Å². The third kappa shape index (κ3) is 4.18. The maximum atomic E-state index is 10.8. The van der Waals surface area contributed by atoms with Crippen LogP contribution in [0.25, 0.3) is 0 Å². The van der Waals surface area contributed by atoms with Gasteiger partial charge in [-0.05, 0) is 52.0 Å². The molecule has 2 fully saturated rings. The number of nitrogens with one attached hydrogen (secondary N) is 1. The summed E-state index contributed by atoms with van der Waals surface area (Å²) in [5.74, 6) is -0.728. The first-order chi connectivity index (χ1) is 9.98. The number of ether oxygens (including phenoxy) is 1. The van der Waals surface area contributed by atoms with Crippen LogP contribution in [0.1, 0.15) is 52.4 Å². The van der Waals surface area contributed by atoms with Crippen molar-refractivity contribution in [3.63, 3.8) is 0 Å². The van der Waals surface area contributed by atoms with Gasteiger partial charge in [0.15, 0.2) is 0 Å². The Kier molecular flexibility index (Phi) is 5.63. The average Bonchev–Trinajstić information content (AvgIpc) is 2.35. The minimum absolute atomic E-state index is 0.119. The summed E-state index contributed by atoms with van der Waals surface area (Å²) >= 11 is 0. The van der Waals surface area contributed by atoms with Crippen LogP contribution >= 0.6 is 0 Å². The number of carboxylic acid groups (broad SMARTS) is 1.